The first-order valence-corrected chi connectivity index (χ1v) is 8.78. The van der Waals surface area contributed by atoms with Gasteiger partial charge in [-0.2, -0.15) is 0 Å². The van der Waals surface area contributed by atoms with Crippen LogP contribution in [0.15, 0.2) is 42.5 Å². The Morgan fingerprint density at radius 1 is 0.833 bits per heavy atom. The molecule has 0 heterocycles. The van der Waals surface area contributed by atoms with Crippen molar-refractivity contribution in [2.75, 3.05) is 6.61 Å². The van der Waals surface area contributed by atoms with Crippen molar-refractivity contribution in [3.05, 3.63) is 48.0 Å². The molecule has 1 aromatic carbocycles. The highest BCUT2D eigenvalue weighted by Gasteiger charge is 2.02. The molecule has 0 aliphatic carbocycles. The SMILES string of the molecule is CCCCCCCCCOC(=O)/C=C\C(=O)OCc1ccccc1. The summed E-state index contributed by atoms with van der Waals surface area (Å²) in [5.41, 5.74) is 0.903. The van der Waals surface area contributed by atoms with Crippen molar-refractivity contribution in [2.24, 2.45) is 0 Å². The minimum Gasteiger partial charge on any atom is -0.463 e. The highest BCUT2D eigenvalue weighted by molar-refractivity contribution is 5.91. The van der Waals surface area contributed by atoms with Gasteiger partial charge in [0, 0.05) is 12.2 Å². The Morgan fingerprint density at radius 2 is 1.42 bits per heavy atom. The topological polar surface area (TPSA) is 52.6 Å². The first-order valence-electron chi connectivity index (χ1n) is 8.78. The fourth-order valence-corrected chi connectivity index (χ4v) is 2.19. The van der Waals surface area contributed by atoms with Crippen molar-refractivity contribution in [1.29, 1.82) is 0 Å². The second kappa shape index (κ2) is 13.3. The van der Waals surface area contributed by atoms with Crippen LogP contribution in [0.25, 0.3) is 0 Å². The molecule has 0 N–H and O–H groups in total. The van der Waals surface area contributed by atoms with Crippen molar-refractivity contribution >= 4 is 11.9 Å². The summed E-state index contributed by atoms with van der Waals surface area (Å²) >= 11 is 0. The summed E-state index contributed by atoms with van der Waals surface area (Å²) in [6.07, 6.45) is 10.4. The van der Waals surface area contributed by atoms with Gasteiger partial charge >= 0.3 is 11.9 Å². The Balaban J connectivity index is 2.05. The summed E-state index contributed by atoms with van der Waals surface area (Å²) in [7, 11) is 0. The van der Waals surface area contributed by atoms with E-state index < -0.39 is 11.9 Å². The van der Waals surface area contributed by atoms with Crippen LogP contribution in [0.1, 0.15) is 57.4 Å². The zero-order valence-electron chi connectivity index (χ0n) is 14.5. The van der Waals surface area contributed by atoms with Gasteiger partial charge in [0.05, 0.1) is 6.61 Å². The van der Waals surface area contributed by atoms with Crippen LogP contribution in [-0.4, -0.2) is 18.5 Å². The van der Waals surface area contributed by atoms with Crippen LogP contribution in [0.5, 0.6) is 0 Å². The minimum atomic E-state index is -0.549. The van der Waals surface area contributed by atoms with Crippen LogP contribution in [0, 0.1) is 0 Å². The highest BCUT2D eigenvalue weighted by atomic mass is 16.5. The highest BCUT2D eigenvalue weighted by Crippen LogP contribution is 2.07. The summed E-state index contributed by atoms with van der Waals surface area (Å²) in [6.45, 7) is 2.79. The average molecular weight is 332 g/mol. The summed E-state index contributed by atoms with van der Waals surface area (Å²) in [6, 6.07) is 9.38. The molecule has 1 rings (SSSR count). The van der Waals surface area contributed by atoms with E-state index in [4.69, 9.17) is 9.47 Å². The average Bonchev–Trinajstić information content (AvgIpc) is 2.61. The molecule has 0 saturated carbocycles. The Bertz CT molecular complexity index is 494. The molecule has 0 saturated heterocycles. The number of hydrogen-bond donors (Lipinski definition) is 0. The van der Waals surface area contributed by atoms with Gasteiger partial charge in [-0.05, 0) is 12.0 Å². The predicted octanol–water partition coefficient (Wildman–Crippen LogP) is 4.58. The Hall–Kier alpha value is -2.10. The molecule has 0 unspecified atom stereocenters. The molecule has 0 fully saturated rings. The third-order valence-electron chi connectivity index (χ3n) is 3.57. The van der Waals surface area contributed by atoms with Gasteiger partial charge in [0.1, 0.15) is 6.61 Å². The molecule has 0 aliphatic heterocycles. The number of rotatable bonds is 12. The Labute approximate surface area is 144 Å². The van der Waals surface area contributed by atoms with Crippen LogP contribution >= 0.6 is 0 Å². The van der Waals surface area contributed by atoms with Gasteiger partial charge in [-0.1, -0.05) is 75.8 Å². The van der Waals surface area contributed by atoms with E-state index in [1.165, 1.54) is 32.1 Å². The number of ether oxygens (including phenoxy) is 2. The van der Waals surface area contributed by atoms with Crippen LogP contribution in [0.2, 0.25) is 0 Å². The third kappa shape index (κ3) is 10.6. The van der Waals surface area contributed by atoms with Gasteiger partial charge in [-0.3, -0.25) is 0 Å². The summed E-state index contributed by atoms with van der Waals surface area (Å²) in [4.78, 5) is 23.0. The number of esters is 2. The van der Waals surface area contributed by atoms with Gasteiger partial charge < -0.3 is 9.47 Å². The molecule has 4 nitrogen and oxygen atoms in total. The predicted molar refractivity (Wildman–Crippen MR) is 94.3 cm³/mol. The van der Waals surface area contributed by atoms with Crippen molar-refractivity contribution in [3.8, 4) is 0 Å². The van der Waals surface area contributed by atoms with Crippen LogP contribution < -0.4 is 0 Å². The lowest BCUT2D eigenvalue weighted by Gasteiger charge is -2.03. The lowest BCUT2D eigenvalue weighted by Crippen LogP contribution is -2.05. The van der Waals surface area contributed by atoms with Gasteiger partial charge in [0.2, 0.25) is 0 Å². The quantitative estimate of drug-likeness (QED) is 0.319. The van der Waals surface area contributed by atoms with Crippen LogP contribution in [0.3, 0.4) is 0 Å². The summed E-state index contributed by atoms with van der Waals surface area (Å²) < 4.78 is 10.1. The molecule has 24 heavy (non-hydrogen) atoms. The van der Waals surface area contributed by atoms with E-state index in [1.54, 1.807) is 0 Å². The number of hydrogen-bond acceptors (Lipinski definition) is 4. The van der Waals surface area contributed by atoms with E-state index >= 15 is 0 Å². The monoisotopic (exact) mass is 332 g/mol. The number of carbonyl (C=O) groups excluding carboxylic acids is 2. The first-order chi connectivity index (χ1) is 11.7. The lowest BCUT2D eigenvalue weighted by molar-refractivity contribution is -0.141. The normalized spacial score (nSPS) is 10.7. The molecule has 0 atom stereocenters. The molecule has 0 amide bonds. The van der Waals surface area contributed by atoms with Crippen molar-refractivity contribution in [3.63, 3.8) is 0 Å². The second-order valence-corrected chi connectivity index (χ2v) is 5.72. The number of benzene rings is 1. The number of carbonyl (C=O) groups is 2. The van der Waals surface area contributed by atoms with E-state index in [-0.39, 0.29) is 6.61 Å². The maximum absolute atomic E-state index is 11.5. The fraction of sp³-hybridized carbons (Fsp3) is 0.500. The molecule has 1 aromatic rings. The maximum atomic E-state index is 11.5. The molecule has 4 heteroatoms. The van der Waals surface area contributed by atoms with E-state index in [0.717, 1.165) is 30.6 Å². The maximum Gasteiger partial charge on any atom is 0.331 e. The number of unbranched alkanes of at least 4 members (excludes halogenated alkanes) is 6. The summed E-state index contributed by atoms with van der Waals surface area (Å²) in [5, 5.41) is 0. The van der Waals surface area contributed by atoms with Crippen molar-refractivity contribution in [2.45, 2.75) is 58.5 Å². The molecular formula is C20H28O4. The minimum absolute atomic E-state index is 0.192. The van der Waals surface area contributed by atoms with Crippen LogP contribution in [-0.2, 0) is 25.7 Å². The van der Waals surface area contributed by atoms with Gasteiger partial charge in [0.15, 0.2) is 0 Å². The fourth-order valence-electron chi connectivity index (χ4n) is 2.19. The Kier molecular flexibility index (Phi) is 11.1. The third-order valence-corrected chi connectivity index (χ3v) is 3.57. The second-order valence-electron chi connectivity index (χ2n) is 5.72. The molecule has 0 bridgehead atoms. The first kappa shape index (κ1) is 19.9. The van der Waals surface area contributed by atoms with Gasteiger partial charge in [0.25, 0.3) is 0 Å². The van der Waals surface area contributed by atoms with Crippen molar-refractivity contribution < 1.29 is 19.1 Å². The summed E-state index contributed by atoms with van der Waals surface area (Å²) in [5.74, 6) is -1.05. The molecule has 132 valence electrons. The molecule has 0 aromatic heterocycles. The smallest absolute Gasteiger partial charge is 0.331 e. The Morgan fingerprint density at radius 3 is 2.08 bits per heavy atom. The zero-order chi connectivity index (χ0) is 17.5. The van der Waals surface area contributed by atoms with E-state index in [1.807, 2.05) is 30.3 Å². The molecular weight excluding hydrogens is 304 g/mol. The molecule has 0 aliphatic rings. The largest absolute Gasteiger partial charge is 0.463 e. The van der Waals surface area contributed by atoms with Gasteiger partial charge in [-0.25, -0.2) is 9.59 Å². The van der Waals surface area contributed by atoms with E-state index in [2.05, 4.69) is 6.92 Å². The van der Waals surface area contributed by atoms with E-state index in [0.29, 0.717) is 6.61 Å². The van der Waals surface area contributed by atoms with Gasteiger partial charge in [-0.15, -0.1) is 0 Å². The van der Waals surface area contributed by atoms with Crippen molar-refractivity contribution in [1.82, 2.24) is 0 Å². The zero-order valence-corrected chi connectivity index (χ0v) is 14.5. The standard InChI is InChI=1S/C20H28O4/c1-2-3-4-5-6-7-11-16-23-19(21)14-15-20(22)24-17-18-12-9-8-10-13-18/h8-10,12-15H,2-7,11,16-17H2,1H3/b15-14-. The van der Waals surface area contributed by atoms with Crippen LogP contribution in [0.4, 0.5) is 0 Å². The lowest BCUT2D eigenvalue weighted by atomic mass is 10.1. The van der Waals surface area contributed by atoms with E-state index in [9.17, 15) is 9.59 Å². The molecule has 0 spiro atoms. The molecule has 0 radical (unpaired) electrons.